The zero-order chi connectivity index (χ0) is 10.6. The zero-order valence-corrected chi connectivity index (χ0v) is 9.61. The normalized spacial score (nSPS) is 12.7. The van der Waals surface area contributed by atoms with Gasteiger partial charge >= 0.3 is 0 Å². The summed E-state index contributed by atoms with van der Waals surface area (Å²) in [5, 5.41) is 9.87. The van der Waals surface area contributed by atoms with Crippen molar-refractivity contribution in [1.29, 1.82) is 0 Å². The molecule has 0 saturated carbocycles. The van der Waals surface area contributed by atoms with Crippen LogP contribution in [0.5, 0.6) is 0 Å². The van der Waals surface area contributed by atoms with E-state index in [4.69, 9.17) is 0 Å². The van der Waals surface area contributed by atoms with E-state index in [0.29, 0.717) is 0 Å². The highest BCUT2D eigenvalue weighted by atomic mass is 16.3. The first-order valence-electron chi connectivity index (χ1n) is 4.93. The quantitative estimate of drug-likeness (QED) is 0.746. The van der Waals surface area contributed by atoms with E-state index in [-0.39, 0.29) is 12.1 Å². The molecule has 2 heteroatoms. The molecular weight excluding hydrogens is 186 g/mol. The van der Waals surface area contributed by atoms with E-state index in [0.717, 1.165) is 6.42 Å². The van der Waals surface area contributed by atoms with Crippen molar-refractivity contribution < 1.29 is 5.11 Å². The van der Waals surface area contributed by atoms with E-state index in [2.05, 4.69) is 18.7 Å². The molecule has 0 saturated heterocycles. The molecular formula is C13H21NO. The molecule has 84 valence electrons. The van der Waals surface area contributed by atoms with Crippen LogP contribution >= 0.6 is 0 Å². The lowest BCUT2D eigenvalue weighted by Gasteiger charge is -2.26. The van der Waals surface area contributed by atoms with E-state index in [1.807, 2.05) is 38.1 Å². The first kappa shape index (κ1) is 13.9. The molecule has 1 aromatic rings. The molecule has 1 aromatic carbocycles. The Balaban J connectivity index is 0.00000196. The van der Waals surface area contributed by atoms with Gasteiger partial charge in [-0.3, -0.25) is 0 Å². The summed E-state index contributed by atoms with van der Waals surface area (Å²) in [6, 6.07) is 10.2. The van der Waals surface area contributed by atoms with Gasteiger partial charge in [0.05, 0.1) is 5.60 Å². The summed E-state index contributed by atoms with van der Waals surface area (Å²) in [7, 11) is 0. The summed E-state index contributed by atoms with van der Waals surface area (Å²) in [5.41, 5.74) is 0.539. The lowest BCUT2D eigenvalue weighted by Crippen LogP contribution is -2.30. The second-order valence-corrected chi connectivity index (χ2v) is 4.19. The molecule has 0 heterocycles. The first-order chi connectivity index (χ1) is 6.54. The molecule has 1 unspecified atom stereocenters. The number of aliphatic hydroxyl groups is 1. The van der Waals surface area contributed by atoms with Crippen LogP contribution in [-0.2, 0) is 6.42 Å². The minimum absolute atomic E-state index is 0. The maximum atomic E-state index is 9.87. The van der Waals surface area contributed by atoms with E-state index in [9.17, 15) is 5.11 Å². The van der Waals surface area contributed by atoms with Crippen LogP contribution in [0.4, 0.5) is 0 Å². The van der Waals surface area contributed by atoms with Gasteiger partial charge in [0.2, 0.25) is 0 Å². The Kier molecular flexibility index (Phi) is 5.26. The van der Waals surface area contributed by atoms with Gasteiger partial charge in [0.15, 0.2) is 0 Å². The monoisotopic (exact) mass is 207 g/mol. The van der Waals surface area contributed by atoms with Gasteiger partial charge in [-0.2, -0.15) is 0 Å². The molecule has 0 bridgehead atoms. The number of benzene rings is 1. The predicted octanol–water partition coefficient (Wildman–Crippen LogP) is 2.96. The van der Waals surface area contributed by atoms with Gasteiger partial charge in [0.25, 0.3) is 0 Å². The standard InChI is InChI=1S/C13H18O.H3N/c1-4-12(13(2,3)14)10-11-8-6-5-7-9-11;/h4-9,12,14H,1,10H2,2-3H3;1H3. The smallest absolute Gasteiger partial charge is 0.0657 e. The van der Waals surface area contributed by atoms with Crippen molar-refractivity contribution in [3.05, 3.63) is 48.6 Å². The van der Waals surface area contributed by atoms with Gasteiger partial charge in [0.1, 0.15) is 0 Å². The summed E-state index contributed by atoms with van der Waals surface area (Å²) in [6.45, 7) is 7.41. The highest BCUT2D eigenvalue weighted by Gasteiger charge is 2.23. The summed E-state index contributed by atoms with van der Waals surface area (Å²) in [4.78, 5) is 0. The fourth-order valence-electron chi connectivity index (χ4n) is 1.49. The Morgan fingerprint density at radius 3 is 2.27 bits per heavy atom. The fourth-order valence-corrected chi connectivity index (χ4v) is 1.49. The van der Waals surface area contributed by atoms with Crippen LogP contribution in [0.25, 0.3) is 0 Å². The SMILES string of the molecule is C=CC(Cc1ccccc1)C(C)(C)O.N. The number of hydrogen-bond acceptors (Lipinski definition) is 2. The van der Waals surface area contributed by atoms with Gasteiger partial charge in [-0.25, -0.2) is 0 Å². The minimum atomic E-state index is -0.697. The van der Waals surface area contributed by atoms with E-state index in [1.54, 1.807) is 0 Å². The molecule has 0 aliphatic heterocycles. The number of hydrogen-bond donors (Lipinski definition) is 2. The molecule has 0 spiro atoms. The van der Waals surface area contributed by atoms with Crippen molar-refractivity contribution in [3.63, 3.8) is 0 Å². The summed E-state index contributed by atoms with van der Waals surface area (Å²) < 4.78 is 0. The van der Waals surface area contributed by atoms with Gasteiger partial charge in [0, 0.05) is 5.92 Å². The maximum absolute atomic E-state index is 9.87. The molecule has 2 nitrogen and oxygen atoms in total. The average molecular weight is 207 g/mol. The Hall–Kier alpha value is -1.12. The molecule has 0 radical (unpaired) electrons. The molecule has 0 aliphatic carbocycles. The van der Waals surface area contributed by atoms with Crippen LogP contribution in [0.2, 0.25) is 0 Å². The van der Waals surface area contributed by atoms with Crippen molar-refractivity contribution >= 4 is 0 Å². The lowest BCUT2D eigenvalue weighted by atomic mass is 9.86. The van der Waals surface area contributed by atoms with Crippen molar-refractivity contribution in [2.75, 3.05) is 0 Å². The van der Waals surface area contributed by atoms with Crippen LogP contribution in [0.3, 0.4) is 0 Å². The Morgan fingerprint density at radius 2 is 1.87 bits per heavy atom. The number of rotatable bonds is 4. The Bertz CT molecular complexity index is 287. The van der Waals surface area contributed by atoms with Gasteiger partial charge in [-0.15, -0.1) is 6.58 Å². The highest BCUT2D eigenvalue weighted by Crippen LogP contribution is 2.21. The second-order valence-electron chi connectivity index (χ2n) is 4.19. The van der Waals surface area contributed by atoms with Crippen LogP contribution in [0, 0.1) is 5.92 Å². The molecule has 4 N–H and O–H groups in total. The van der Waals surface area contributed by atoms with Crippen molar-refractivity contribution in [3.8, 4) is 0 Å². The lowest BCUT2D eigenvalue weighted by molar-refractivity contribution is 0.0372. The van der Waals surface area contributed by atoms with Crippen molar-refractivity contribution in [2.45, 2.75) is 25.9 Å². The zero-order valence-electron chi connectivity index (χ0n) is 9.61. The van der Waals surface area contributed by atoms with Gasteiger partial charge in [-0.1, -0.05) is 36.4 Å². The summed E-state index contributed by atoms with van der Waals surface area (Å²) in [6.07, 6.45) is 2.67. The molecule has 1 rings (SSSR count). The van der Waals surface area contributed by atoms with Crippen molar-refractivity contribution in [2.24, 2.45) is 5.92 Å². The minimum Gasteiger partial charge on any atom is -0.390 e. The van der Waals surface area contributed by atoms with E-state index >= 15 is 0 Å². The van der Waals surface area contributed by atoms with Crippen LogP contribution < -0.4 is 6.15 Å². The molecule has 0 amide bonds. The second kappa shape index (κ2) is 5.69. The third kappa shape index (κ3) is 4.28. The third-order valence-electron chi connectivity index (χ3n) is 2.49. The third-order valence-corrected chi connectivity index (χ3v) is 2.49. The first-order valence-corrected chi connectivity index (χ1v) is 4.93. The summed E-state index contributed by atoms with van der Waals surface area (Å²) >= 11 is 0. The van der Waals surface area contributed by atoms with E-state index in [1.165, 1.54) is 5.56 Å². The molecule has 15 heavy (non-hydrogen) atoms. The Morgan fingerprint density at radius 1 is 1.33 bits per heavy atom. The molecule has 0 aliphatic rings. The molecule has 0 aromatic heterocycles. The largest absolute Gasteiger partial charge is 0.390 e. The predicted molar refractivity (Wildman–Crippen MR) is 65.2 cm³/mol. The van der Waals surface area contributed by atoms with Crippen molar-refractivity contribution in [1.82, 2.24) is 6.15 Å². The maximum Gasteiger partial charge on any atom is 0.0657 e. The molecule has 1 atom stereocenters. The fraction of sp³-hybridized carbons (Fsp3) is 0.385. The molecule has 0 fully saturated rings. The van der Waals surface area contributed by atoms with Gasteiger partial charge in [-0.05, 0) is 25.8 Å². The highest BCUT2D eigenvalue weighted by molar-refractivity contribution is 5.17. The van der Waals surface area contributed by atoms with E-state index < -0.39 is 5.60 Å². The average Bonchev–Trinajstić information content (AvgIpc) is 2.14. The summed E-state index contributed by atoms with van der Waals surface area (Å²) in [5.74, 6) is 0.102. The topological polar surface area (TPSA) is 55.2 Å². The van der Waals surface area contributed by atoms with Crippen LogP contribution in [0.1, 0.15) is 19.4 Å². The van der Waals surface area contributed by atoms with Crippen LogP contribution in [0.15, 0.2) is 43.0 Å². The Labute approximate surface area is 92.2 Å². The van der Waals surface area contributed by atoms with Gasteiger partial charge < -0.3 is 11.3 Å². The van der Waals surface area contributed by atoms with Crippen LogP contribution in [-0.4, -0.2) is 10.7 Å².